The standard InChI is InChI=1S/C15H16N4O2S/c1-10-3-2-4-11(7-10)9-22-15-17-13-12(14(21)18-15)8-16-19(13)5-6-20/h2-4,7-8,20H,5-6,9H2,1H3,(H,17,18,21). The highest BCUT2D eigenvalue weighted by Gasteiger charge is 2.10. The molecule has 1 aromatic carbocycles. The summed E-state index contributed by atoms with van der Waals surface area (Å²) >= 11 is 1.47. The summed E-state index contributed by atoms with van der Waals surface area (Å²) in [5, 5.41) is 14.1. The van der Waals surface area contributed by atoms with E-state index in [-0.39, 0.29) is 12.2 Å². The molecule has 0 bridgehead atoms. The van der Waals surface area contributed by atoms with E-state index in [4.69, 9.17) is 5.11 Å². The van der Waals surface area contributed by atoms with Crippen LogP contribution in [-0.2, 0) is 12.3 Å². The van der Waals surface area contributed by atoms with Gasteiger partial charge in [0.1, 0.15) is 5.39 Å². The van der Waals surface area contributed by atoms with Gasteiger partial charge in [0.05, 0.1) is 19.3 Å². The Bertz CT molecular complexity index is 856. The highest BCUT2D eigenvalue weighted by atomic mass is 32.2. The molecule has 0 amide bonds. The van der Waals surface area contributed by atoms with Crippen molar-refractivity contribution < 1.29 is 5.11 Å². The summed E-state index contributed by atoms with van der Waals surface area (Å²) in [4.78, 5) is 19.3. The summed E-state index contributed by atoms with van der Waals surface area (Å²) in [6, 6.07) is 8.22. The number of aliphatic hydroxyl groups excluding tert-OH is 1. The molecule has 2 heterocycles. The van der Waals surface area contributed by atoms with Gasteiger partial charge in [0.25, 0.3) is 5.56 Å². The van der Waals surface area contributed by atoms with Crippen LogP contribution in [0.25, 0.3) is 11.0 Å². The SMILES string of the molecule is Cc1cccc(CSc2nc3c(cnn3CCO)c(=O)[nH]2)c1. The molecular formula is C15H16N4O2S. The predicted molar refractivity (Wildman–Crippen MR) is 86.0 cm³/mol. The third-order valence-corrected chi connectivity index (χ3v) is 4.20. The minimum atomic E-state index is -0.207. The van der Waals surface area contributed by atoms with Gasteiger partial charge in [0.15, 0.2) is 10.8 Å². The molecule has 0 aliphatic rings. The van der Waals surface area contributed by atoms with E-state index >= 15 is 0 Å². The fourth-order valence-corrected chi connectivity index (χ4v) is 3.02. The fraction of sp³-hybridized carbons (Fsp3) is 0.267. The van der Waals surface area contributed by atoms with Crippen LogP contribution >= 0.6 is 11.8 Å². The number of aliphatic hydroxyl groups is 1. The van der Waals surface area contributed by atoms with E-state index in [1.54, 1.807) is 4.68 Å². The lowest BCUT2D eigenvalue weighted by Crippen LogP contribution is -2.11. The van der Waals surface area contributed by atoms with Crippen LogP contribution in [0.5, 0.6) is 0 Å². The summed E-state index contributed by atoms with van der Waals surface area (Å²) in [5.74, 6) is 0.726. The molecule has 0 fully saturated rings. The molecule has 7 heteroatoms. The van der Waals surface area contributed by atoms with Crippen molar-refractivity contribution in [3.63, 3.8) is 0 Å². The normalized spacial score (nSPS) is 11.2. The Morgan fingerprint density at radius 2 is 2.27 bits per heavy atom. The van der Waals surface area contributed by atoms with Crippen molar-refractivity contribution in [2.24, 2.45) is 0 Å². The van der Waals surface area contributed by atoms with Crippen molar-refractivity contribution in [3.05, 3.63) is 51.9 Å². The van der Waals surface area contributed by atoms with E-state index in [0.717, 1.165) is 5.75 Å². The number of aryl methyl sites for hydroxylation is 1. The average Bonchev–Trinajstić information content (AvgIpc) is 2.90. The van der Waals surface area contributed by atoms with Gasteiger partial charge in [-0.2, -0.15) is 5.10 Å². The first kappa shape index (κ1) is 14.8. The van der Waals surface area contributed by atoms with Crippen LogP contribution in [-0.4, -0.2) is 31.5 Å². The Labute approximate surface area is 131 Å². The molecule has 3 aromatic rings. The topological polar surface area (TPSA) is 83.8 Å². The molecule has 22 heavy (non-hydrogen) atoms. The lowest BCUT2D eigenvalue weighted by Gasteiger charge is -2.04. The van der Waals surface area contributed by atoms with Crippen LogP contribution in [0.2, 0.25) is 0 Å². The zero-order valence-corrected chi connectivity index (χ0v) is 12.9. The molecule has 0 radical (unpaired) electrons. The molecule has 0 saturated carbocycles. The van der Waals surface area contributed by atoms with Crippen molar-refractivity contribution in [1.82, 2.24) is 19.7 Å². The molecule has 0 aliphatic heterocycles. The molecule has 2 N–H and O–H groups in total. The second kappa shape index (κ2) is 6.33. The van der Waals surface area contributed by atoms with Crippen LogP contribution in [0, 0.1) is 6.92 Å². The quantitative estimate of drug-likeness (QED) is 0.553. The largest absolute Gasteiger partial charge is 0.394 e. The molecular weight excluding hydrogens is 300 g/mol. The van der Waals surface area contributed by atoms with Gasteiger partial charge in [-0.05, 0) is 12.5 Å². The van der Waals surface area contributed by atoms with Gasteiger partial charge in [-0.15, -0.1) is 0 Å². The zero-order chi connectivity index (χ0) is 15.5. The monoisotopic (exact) mass is 316 g/mol. The third kappa shape index (κ3) is 3.05. The maximum atomic E-state index is 12.1. The van der Waals surface area contributed by atoms with Crippen molar-refractivity contribution in [1.29, 1.82) is 0 Å². The van der Waals surface area contributed by atoms with E-state index in [9.17, 15) is 4.79 Å². The van der Waals surface area contributed by atoms with Crippen LogP contribution in [0.3, 0.4) is 0 Å². The summed E-state index contributed by atoms with van der Waals surface area (Å²) in [6.07, 6.45) is 1.48. The molecule has 0 spiro atoms. The molecule has 114 valence electrons. The summed E-state index contributed by atoms with van der Waals surface area (Å²) in [5.41, 5.74) is 2.68. The number of aromatic nitrogens is 4. The second-order valence-corrected chi connectivity index (χ2v) is 5.94. The van der Waals surface area contributed by atoms with Gasteiger partial charge in [-0.25, -0.2) is 9.67 Å². The predicted octanol–water partition coefficient (Wildman–Crippen LogP) is 1.71. The van der Waals surface area contributed by atoms with Crippen molar-refractivity contribution in [2.75, 3.05) is 6.61 Å². The Kier molecular flexibility index (Phi) is 4.26. The number of aromatic amines is 1. The van der Waals surface area contributed by atoms with E-state index in [1.807, 2.05) is 25.1 Å². The first-order valence-corrected chi connectivity index (χ1v) is 7.91. The van der Waals surface area contributed by atoms with Gasteiger partial charge >= 0.3 is 0 Å². The van der Waals surface area contributed by atoms with Gasteiger partial charge in [0.2, 0.25) is 0 Å². The molecule has 2 aromatic heterocycles. The summed E-state index contributed by atoms with van der Waals surface area (Å²) in [7, 11) is 0. The van der Waals surface area contributed by atoms with Gasteiger partial charge < -0.3 is 10.1 Å². The van der Waals surface area contributed by atoms with E-state index in [2.05, 4.69) is 21.1 Å². The minimum absolute atomic E-state index is 0.0446. The molecule has 0 aliphatic carbocycles. The Morgan fingerprint density at radius 3 is 3.05 bits per heavy atom. The Morgan fingerprint density at radius 1 is 1.41 bits per heavy atom. The second-order valence-electron chi connectivity index (χ2n) is 4.98. The number of thioether (sulfide) groups is 1. The third-order valence-electron chi connectivity index (χ3n) is 3.25. The molecule has 3 rings (SSSR count). The lowest BCUT2D eigenvalue weighted by atomic mass is 10.2. The van der Waals surface area contributed by atoms with E-state index < -0.39 is 0 Å². The highest BCUT2D eigenvalue weighted by molar-refractivity contribution is 7.98. The van der Waals surface area contributed by atoms with Crippen LogP contribution in [0.15, 0.2) is 40.4 Å². The average molecular weight is 316 g/mol. The van der Waals surface area contributed by atoms with Crippen molar-refractivity contribution >= 4 is 22.8 Å². The molecule has 6 nitrogen and oxygen atoms in total. The molecule has 0 unspecified atom stereocenters. The number of hydrogen-bond acceptors (Lipinski definition) is 5. The maximum absolute atomic E-state index is 12.1. The van der Waals surface area contributed by atoms with Crippen LogP contribution in [0.4, 0.5) is 0 Å². The summed E-state index contributed by atoms with van der Waals surface area (Å²) in [6.45, 7) is 2.33. The molecule has 0 atom stereocenters. The first-order valence-electron chi connectivity index (χ1n) is 6.92. The van der Waals surface area contributed by atoms with E-state index in [1.165, 1.54) is 29.1 Å². The number of H-pyrrole nitrogens is 1. The Balaban J connectivity index is 1.87. The van der Waals surface area contributed by atoms with Crippen molar-refractivity contribution in [3.8, 4) is 0 Å². The fourth-order valence-electron chi connectivity index (χ4n) is 2.23. The number of rotatable bonds is 5. The van der Waals surface area contributed by atoms with Gasteiger partial charge in [0, 0.05) is 5.75 Å². The number of nitrogens with one attached hydrogen (secondary N) is 1. The lowest BCUT2D eigenvalue weighted by molar-refractivity contribution is 0.271. The number of nitrogens with zero attached hydrogens (tertiary/aromatic N) is 3. The maximum Gasteiger partial charge on any atom is 0.262 e. The van der Waals surface area contributed by atoms with Crippen LogP contribution < -0.4 is 5.56 Å². The van der Waals surface area contributed by atoms with Gasteiger partial charge in [-0.1, -0.05) is 41.6 Å². The smallest absolute Gasteiger partial charge is 0.262 e. The minimum Gasteiger partial charge on any atom is -0.394 e. The van der Waals surface area contributed by atoms with E-state index in [0.29, 0.717) is 22.7 Å². The van der Waals surface area contributed by atoms with Gasteiger partial charge in [-0.3, -0.25) is 4.79 Å². The molecule has 0 saturated heterocycles. The number of fused-ring (bicyclic) bond motifs is 1. The number of benzene rings is 1. The van der Waals surface area contributed by atoms with Crippen molar-refractivity contribution in [2.45, 2.75) is 24.4 Å². The zero-order valence-electron chi connectivity index (χ0n) is 12.1. The summed E-state index contributed by atoms with van der Waals surface area (Å²) < 4.78 is 1.54. The first-order chi connectivity index (χ1) is 10.7. The number of hydrogen-bond donors (Lipinski definition) is 2. The van der Waals surface area contributed by atoms with Crippen LogP contribution in [0.1, 0.15) is 11.1 Å². The Hall–Kier alpha value is -2.12. The highest BCUT2D eigenvalue weighted by Crippen LogP contribution is 2.20.